The zero-order valence-corrected chi connectivity index (χ0v) is 13.2. The number of rotatable bonds is 8. The maximum atomic E-state index is 12.4. The number of hydrogen-bond acceptors (Lipinski definition) is 2. The van der Waals surface area contributed by atoms with Gasteiger partial charge in [0.05, 0.1) is 11.0 Å². The standard InChI is InChI=1S/C16H24N2OS/c1-3-4-10-16(19)18(12-11-15(17)20)13(2)14-8-6-5-7-9-14/h5-9,13H,3-4,10-12H2,1-2H3,(H2,17,20). The minimum Gasteiger partial charge on any atom is -0.393 e. The largest absolute Gasteiger partial charge is 0.393 e. The normalized spacial score (nSPS) is 11.9. The van der Waals surface area contributed by atoms with Crippen molar-refractivity contribution in [2.45, 2.75) is 45.6 Å². The van der Waals surface area contributed by atoms with Gasteiger partial charge in [-0.25, -0.2) is 0 Å². The molecule has 1 atom stereocenters. The van der Waals surface area contributed by atoms with Gasteiger partial charge in [0.25, 0.3) is 0 Å². The molecule has 110 valence electrons. The summed E-state index contributed by atoms with van der Waals surface area (Å²) in [4.78, 5) is 14.7. The molecule has 0 fully saturated rings. The molecule has 20 heavy (non-hydrogen) atoms. The van der Waals surface area contributed by atoms with Crippen LogP contribution in [-0.2, 0) is 4.79 Å². The van der Waals surface area contributed by atoms with Crippen molar-refractivity contribution in [2.75, 3.05) is 6.54 Å². The molecular formula is C16H24N2OS. The first-order valence-corrected chi connectivity index (χ1v) is 7.59. The molecule has 0 aromatic heterocycles. The second kappa shape index (κ2) is 8.69. The second-order valence-corrected chi connectivity index (χ2v) is 5.52. The molecule has 0 saturated carbocycles. The first-order chi connectivity index (χ1) is 9.56. The lowest BCUT2D eigenvalue weighted by Crippen LogP contribution is -2.35. The van der Waals surface area contributed by atoms with Crippen LogP contribution in [0, 0.1) is 0 Å². The maximum Gasteiger partial charge on any atom is 0.223 e. The minimum absolute atomic E-state index is 0.0508. The number of nitrogens with two attached hydrogens (primary N) is 1. The van der Waals surface area contributed by atoms with Gasteiger partial charge in [-0.3, -0.25) is 4.79 Å². The quantitative estimate of drug-likeness (QED) is 0.747. The van der Waals surface area contributed by atoms with E-state index in [4.69, 9.17) is 18.0 Å². The Bertz CT molecular complexity index is 433. The van der Waals surface area contributed by atoms with Crippen LogP contribution in [0.2, 0.25) is 0 Å². The maximum absolute atomic E-state index is 12.4. The Morgan fingerprint density at radius 2 is 1.95 bits per heavy atom. The topological polar surface area (TPSA) is 46.3 Å². The van der Waals surface area contributed by atoms with Gasteiger partial charge in [-0.2, -0.15) is 0 Å². The summed E-state index contributed by atoms with van der Waals surface area (Å²) in [5, 5.41) is 0. The number of benzene rings is 1. The van der Waals surface area contributed by atoms with Crippen molar-refractivity contribution < 1.29 is 4.79 Å². The molecular weight excluding hydrogens is 268 g/mol. The number of thiocarbonyl (C=S) groups is 1. The molecule has 1 aromatic rings. The predicted molar refractivity (Wildman–Crippen MR) is 87.5 cm³/mol. The lowest BCUT2D eigenvalue weighted by molar-refractivity contribution is -0.133. The van der Waals surface area contributed by atoms with Crippen LogP contribution in [-0.4, -0.2) is 22.3 Å². The fourth-order valence-electron chi connectivity index (χ4n) is 2.15. The molecule has 0 heterocycles. The summed E-state index contributed by atoms with van der Waals surface area (Å²) in [6.45, 7) is 4.74. The lowest BCUT2D eigenvalue weighted by Gasteiger charge is -2.30. The van der Waals surface area contributed by atoms with Crippen LogP contribution in [0.3, 0.4) is 0 Å². The van der Waals surface area contributed by atoms with Gasteiger partial charge in [0.15, 0.2) is 0 Å². The number of nitrogens with zero attached hydrogens (tertiary/aromatic N) is 1. The Morgan fingerprint density at radius 3 is 2.50 bits per heavy atom. The average molecular weight is 292 g/mol. The Labute approximate surface area is 127 Å². The van der Waals surface area contributed by atoms with Crippen molar-refractivity contribution in [2.24, 2.45) is 5.73 Å². The molecule has 0 aliphatic rings. The summed E-state index contributed by atoms with van der Waals surface area (Å²) in [5.74, 6) is 0.180. The SMILES string of the molecule is CCCCC(=O)N(CCC(N)=S)C(C)c1ccccc1. The van der Waals surface area contributed by atoms with Crippen molar-refractivity contribution in [3.05, 3.63) is 35.9 Å². The molecule has 3 nitrogen and oxygen atoms in total. The Morgan fingerprint density at radius 1 is 1.30 bits per heavy atom. The van der Waals surface area contributed by atoms with Crippen molar-refractivity contribution >= 4 is 23.1 Å². The summed E-state index contributed by atoms with van der Waals surface area (Å²) in [6, 6.07) is 10.1. The van der Waals surface area contributed by atoms with E-state index in [-0.39, 0.29) is 11.9 Å². The Hall–Kier alpha value is -1.42. The highest BCUT2D eigenvalue weighted by Crippen LogP contribution is 2.21. The number of carbonyl (C=O) groups excluding carboxylic acids is 1. The van der Waals surface area contributed by atoms with E-state index >= 15 is 0 Å². The van der Waals surface area contributed by atoms with Crippen LogP contribution in [0.25, 0.3) is 0 Å². The molecule has 0 radical (unpaired) electrons. The number of hydrogen-bond donors (Lipinski definition) is 1. The van der Waals surface area contributed by atoms with E-state index in [2.05, 4.69) is 13.8 Å². The van der Waals surface area contributed by atoms with E-state index in [1.54, 1.807) is 0 Å². The minimum atomic E-state index is 0.0508. The van der Waals surface area contributed by atoms with Crippen molar-refractivity contribution in [3.8, 4) is 0 Å². The summed E-state index contributed by atoms with van der Waals surface area (Å²) in [7, 11) is 0. The highest BCUT2D eigenvalue weighted by atomic mass is 32.1. The highest BCUT2D eigenvalue weighted by molar-refractivity contribution is 7.80. The molecule has 0 spiro atoms. The van der Waals surface area contributed by atoms with Gasteiger partial charge in [-0.05, 0) is 18.9 Å². The van der Waals surface area contributed by atoms with Crippen molar-refractivity contribution in [1.82, 2.24) is 4.90 Å². The lowest BCUT2D eigenvalue weighted by atomic mass is 10.1. The summed E-state index contributed by atoms with van der Waals surface area (Å²) < 4.78 is 0. The molecule has 1 aromatic carbocycles. The van der Waals surface area contributed by atoms with E-state index < -0.39 is 0 Å². The smallest absolute Gasteiger partial charge is 0.223 e. The van der Waals surface area contributed by atoms with E-state index in [9.17, 15) is 4.79 Å². The molecule has 4 heteroatoms. The van der Waals surface area contributed by atoms with Gasteiger partial charge >= 0.3 is 0 Å². The first-order valence-electron chi connectivity index (χ1n) is 7.19. The van der Waals surface area contributed by atoms with Gasteiger partial charge in [-0.1, -0.05) is 55.9 Å². The predicted octanol–water partition coefficient (Wildman–Crippen LogP) is 3.44. The van der Waals surface area contributed by atoms with Crippen LogP contribution in [0.4, 0.5) is 0 Å². The zero-order chi connectivity index (χ0) is 15.0. The highest BCUT2D eigenvalue weighted by Gasteiger charge is 2.20. The Kier molecular flexibility index (Phi) is 7.23. The third kappa shape index (κ3) is 5.29. The molecule has 0 aliphatic heterocycles. The van der Waals surface area contributed by atoms with Crippen LogP contribution in [0.5, 0.6) is 0 Å². The van der Waals surface area contributed by atoms with Gasteiger partial charge in [0, 0.05) is 19.4 Å². The van der Waals surface area contributed by atoms with Gasteiger partial charge in [0.2, 0.25) is 5.91 Å². The number of carbonyl (C=O) groups is 1. The average Bonchev–Trinajstić information content (AvgIpc) is 2.45. The van der Waals surface area contributed by atoms with Gasteiger partial charge < -0.3 is 10.6 Å². The van der Waals surface area contributed by atoms with Crippen LogP contribution >= 0.6 is 12.2 Å². The molecule has 1 rings (SSSR count). The van der Waals surface area contributed by atoms with Crippen LogP contribution < -0.4 is 5.73 Å². The number of amides is 1. The first kappa shape index (κ1) is 16.6. The van der Waals surface area contributed by atoms with E-state index in [0.29, 0.717) is 24.4 Å². The van der Waals surface area contributed by atoms with E-state index in [0.717, 1.165) is 18.4 Å². The van der Waals surface area contributed by atoms with E-state index in [1.165, 1.54) is 0 Å². The third-order valence-corrected chi connectivity index (χ3v) is 3.62. The fraction of sp³-hybridized carbons (Fsp3) is 0.500. The van der Waals surface area contributed by atoms with Gasteiger partial charge in [0.1, 0.15) is 0 Å². The summed E-state index contributed by atoms with van der Waals surface area (Å²) in [6.07, 6.45) is 3.11. The molecule has 0 aliphatic carbocycles. The molecule has 0 saturated heterocycles. The number of unbranched alkanes of at least 4 members (excludes halogenated alkanes) is 1. The Balaban J connectivity index is 2.80. The summed E-state index contributed by atoms with van der Waals surface area (Å²) >= 11 is 4.93. The summed E-state index contributed by atoms with van der Waals surface area (Å²) in [5.41, 5.74) is 6.71. The fourth-order valence-corrected chi connectivity index (χ4v) is 2.24. The van der Waals surface area contributed by atoms with Crippen molar-refractivity contribution in [3.63, 3.8) is 0 Å². The van der Waals surface area contributed by atoms with E-state index in [1.807, 2.05) is 35.2 Å². The zero-order valence-electron chi connectivity index (χ0n) is 12.3. The van der Waals surface area contributed by atoms with Gasteiger partial charge in [-0.15, -0.1) is 0 Å². The molecule has 1 amide bonds. The second-order valence-electron chi connectivity index (χ2n) is 4.99. The van der Waals surface area contributed by atoms with Crippen molar-refractivity contribution in [1.29, 1.82) is 0 Å². The van der Waals surface area contributed by atoms with Crippen LogP contribution in [0.15, 0.2) is 30.3 Å². The third-order valence-electron chi connectivity index (χ3n) is 3.41. The molecule has 1 unspecified atom stereocenters. The molecule has 0 bridgehead atoms. The molecule has 2 N–H and O–H groups in total. The van der Waals surface area contributed by atoms with Crippen LogP contribution in [0.1, 0.15) is 51.1 Å². The monoisotopic (exact) mass is 292 g/mol.